The highest BCUT2D eigenvalue weighted by Crippen LogP contribution is 2.17. The molecule has 1 saturated heterocycles. The number of hydrogen-bond donors (Lipinski definition) is 1. The van der Waals surface area contributed by atoms with E-state index in [-0.39, 0.29) is 18.1 Å². The van der Waals surface area contributed by atoms with E-state index in [0.29, 0.717) is 0 Å². The van der Waals surface area contributed by atoms with Gasteiger partial charge in [-0.2, -0.15) is 0 Å². The summed E-state index contributed by atoms with van der Waals surface area (Å²) < 4.78 is 5.47. The van der Waals surface area contributed by atoms with Gasteiger partial charge in [0.15, 0.2) is 0 Å². The van der Waals surface area contributed by atoms with Crippen molar-refractivity contribution < 1.29 is 9.53 Å². The van der Waals surface area contributed by atoms with E-state index >= 15 is 0 Å². The predicted octanol–water partition coefficient (Wildman–Crippen LogP) is 2.14. The fourth-order valence-electron chi connectivity index (χ4n) is 2.40. The van der Waals surface area contributed by atoms with Crippen molar-refractivity contribution in [2.75, 3.05) is 19.8 Å². The minimum Gasteiger partial charge on any atom is -0.381 e. The number of hydrogen-bond acceptors (Lipinski definition) is 3. The standard InChI is InChI=1S/C14H28N2O2/c1-4-8-13-15-12(6-3)14(17)16(13)9-7-11-18-10-5-2/h12-13,15H,4-11H2,1-3H3. The van der Waals surface area contributed by atoms with E-state index < -0.39 is 0 Å². The average molecular weight is 256 g/mol. The Morgan fingerprint density at radius 3 is 2.61 bits per heavy atom. The van der Waals surface area contributed by atoms with E-state index in [4.69, 9.17) is 4.74 Å². The Bertz CT molecular complexity index is 246. The van der Waals surface area contributed by atoms with Crippen LogP contribution >= 0.6 is 0 Å². The molecular formula is C14H28N2O2. The number of nitrogens with zero attached hydrogens (tertiary/aromatic N) is 1. The van der Waals surface area contributed by atoms with Crippen molar-refractivity contribution in [3.63, 3.8) is 0 Å². The molecule has 2 atom stereocenters. The van der Waals surface area contributed by atoms with E-state index in [1.165, 1.54) is 0 Å². The van der Waals surface area contributed by atoms with Gasteiger partial charge in [0.1, 0.15) is 0 Å². The first-order valence-corrected chi connectivity index (χ1v) is 7.38. The van der Waals surface area contributed by atoms with Crippen molar-refractivity contribution in [2.45, 2.75) is 65.1 Å². The molecule has 18 heavy (non-hydrogen) atoms. The Morgan fingerprint density at radius 1 is 1.22 bits per heavy atom. The Balaban J connectivity index is 2.36. The van der Waals surface area contributed by atoms with Crippen molar-refractivity contribution in [1.29, 1.82) is 0 Å². The van der Waals surface area contributed by atoms with Crippen molar-refractivity contribution >= 4 is 5.91 Å². The molecule has 106 valence electrons. The van der Waals surface area contributed by atoms with Crippen LogP contribution in [-0.4, -0.2) is 42.8 Å². The van der Waals surface area contributed by atoms with E-state index in [0.717, 1.165) is 51.9 Å². The second kappa shape index (κ2) is 8.48. The topological polar surface area (TPSA) is 41.6 Å². The van der Waals surface area contributed by atoms with Gasteiger partial charge in [0.25, 0.3) is 0 Å². The van der Waals surface area contributed by atoms with Gasteiger partial charge >= 0.3 is 0 Å². The number of rotatable bonds is 9. The molecule has 0 aliphatic carbocycles. The number of carbonyl (C=O) groups excluding carboxylic acids is 1. The van der Waals surface area contributed by atoms with Crippen LogP contribution in [0.2, 0.25) is 0 Å². The number of amides is 1. The van der Waals surface area contributed by atoms with Crippen LogP contribution in [0.3, 0.4) is 0 Å². The third-order valence-electron chi connectivity index (χ3n) is 3.36. The van der Waals surface area contributed by atoms with Gasteiger partial charge in [-0.3, -0.25) is 10.1 Å². The molecule has 1 heterocycles. The van der Waals surface area contributed by atoms with Gasteiger partial charge < -0.3 is 9.64 Å². The highest BCUT2D eigenvalue weighted by molar-refractivity contribution is 5.84. The van der Waals surface area contributed by atoms with E-state index in [2.05, 4.69) is 26.1 Å². The Hall–Kier alpha value is -0.610. The fraction of sp³-hybridized carbons (Fsp3) is 0.929. The molecule has 1 fully saturated rings. The van der Waals surface area contributed by atoms with Crippen LogP contribution in [0, 0.1) is 0 Å². The molecule has 0 bridgehead atoms. The van der Waals surface area contributed by atoms with Crippen molar-refractivity contribution in [2.24, 2.45) is 0 Å². The van der Waals surface area contributed by atoms with Crippen molar-refractivity contribution in [1.82, 2.24) is 10.2 Å². The first kappa shape index (κ1) is 15.4. The number of carbonyl (C=O) groups is 1. The molecule has 0 radical (unpaired) electrons. The normalized spacial score (nSPS) is 23.9. The largest absolute Gasteiger partial charge is 0.381 e. The summed E-state index contributed by atoms with van der Waals surface area (Å²) in [5.74, 6) is 0.270. The molecule has 1 aliphatic rings. The van der Waals surface area contributed by atoms with Gasteiger partial charge in [-0.25, -0.2) is 0 Å². The zero-order valence-corrected chi connectivity index (χ0v) is 12.1. The molecule has 0 aromatic carbocycles. The molecule has 1 N–H and O–H groups in total. The van der Waals surface area contributed by atoms with Gasteiger partial charge in [-0.15, -0.1) is 0 Å². The van der Waals surface area contributed by atoms with Crippen LogP contribution in [0.25, 0.3) is 0 Å². The Labute approximate surface area is 111 Å². The first-order chi connectivity index (χ1) is 8.74. The van der Waals surface area contributed by atoms with E-state index in [9.17, 15) is 4.79 Å². The summed E-state index contributed by atoms with van der Waals surface area (Å²) in [5, 5.41) is 3.43. The molecule has 2 unspecified atom stereocenters. The van der Waals surface area contributed by atoms with Crippen molar-refractivity contribution in [3.8, 4) is 0 Å². The van der Waals surface area contributed by atoms with Crippen LogP contribution in [0.5, 0.6) is 0 Å². The molecule has 1 aliphatic heterocycles. The quantitative estimate of drug-likeness (QED) is 0.643. The molecule has 4 nitrogen and oxygen atoms in total. The fourth-order valence-corrected chi connectivity index (χ4v) is 2.40. The highest BCUT2D eigenvalue weighted by Gasteiger charge is 2.36. The maximum Gasteiger partial charge on any atom is 0.241 e. The number of nitrogens with one attached hydrogen (secondary N) is 1. The molecule has 0 spiro atoms. The average Bonchev–Trinajstić information content (AvgIpc) is 2.67. The summed E-state index contributed by atoms with van der Waals surface area (Å²) >= 11 is 0. The van der Waals surface area contributed by atoms with Gasteiger partial charge in [-0.05, 0) is 25.7 Å². The molecule has 4 heteroatoms. The minimum atomic E-state index is 0.0260. The van der Waals surface area contributed by atoms with Crippen LogP contribution in [-0.2, 0) is 9.53 Å². The van der Waals surface area contributed by atoms with Gasteiger partial charge in [-0.1, -0.05) is 27.2 Å². The summed E-state index contributed by atoms with van der Waals surface area (Å²) in [7, 11) is 0. The lowest BCUT2D eigenvalue weighted by Crippen LogP contribution is -2.38. The molecule has 0 aromatic rings. The van der Waals surface area contributed by atoms with Crippen LogP contribution in [0.4, 0.5) is 0 Å². The summed E-state index contributed by atoms with van der Waals surface area (Å²) in [6.07, 6.45) is 5.24. The summed E-state index contributed by atoms with van der Waals surface area (Å²) in [5.41, 5.74) is 0. The summed E-state index contributed by atoms with van der Waals surface area (Å²) in [6, 6.07) is 0.0260. The summed E-state index contributed by atoms with van der Waals surface area (Å²) in [6.45, 7) is 8.73. The third kappa shape index (κ3) is 4.25. The van der Waals surface area contributed by atoms with E-state index in [1.807, 2.05) is 4.90 Å². The molecular weight excluding hydrogens is 228 g/mol. The van der Waals surface area contributed by atoms with Crippen LogP contribution in [0.1, 0.15) is 52.9 Å². The lowest BCUT2D eigenvalue weighted by Gasteiger charge is -2.23. The Morgan fingerprint density at radius 2 is 2.00 bits per heavy atom. The molecule has 0 aromatic heterocycles. The van der Waals surface area contributed by atoms with E-state index in [1.54, 1.807) is 0 Å². The van der Waals surface area contributed by atoms with Gasteiger partial charge in [0.2, 0.25) is 5.91 Å². The zero-order chi connectivity index (χ0) is 13.4. The van der Waals surface area contributed by atoms with Gasteiger partial charge in [0, 0.05) is 19.8 Å². The van der Waals surface area contributed by atoms with Gasteiger partial charge in [0.05, 0.1) is 12.2 Å². The SMILES string of the molecule is CCCOCCCN1C(=O)C(CC)NC1CCC. The second-order valence-electron chi connectivity index (χ2n) is 4.93. The lowest BCUT2D eigenvalue weighted by molar-refractivity contribution is -0.130. The zero-order valence-electron chi connectivity index (χ0n) is 12.1. The lowest BCUT2D eigenvalue weighted by atomic mass is 10.2. The second-order valence-corrected chi connectivity index (χ2v) is 4.93. The molecule has 0 saturated carbocycles. The first-order valence-electron chi connectivity index (χ1n) is 7.38. The molecule has 1 rings (SSSR count). The van der Waals surface area contributed by atoms with Crippen LogP contribution in [0.15, 0.2) is 0 Å². The monoisotopic (exact) mass is 256 g/mol. The minimum absolute atomic E-state index is 0.0260. The summed E-state index contributed by atoms with van der Waals surface area (Å²) in [4.78, 5) is 14.2. The molecule has 1 amide bonds. The van der Waals surface area contributed by atoms with Crippen molar-refractivity contribution in [3.05, 3.63) is 0 Å². The maximum absolute atomic E-state index is 12.2. The van der Waals surface area contributed by atoms with Crippen LogP contribution < -0.4 is 5.32 Å². The number of ether oxygens (including phenoxy) is 1. The smallest absolute Gasteiger partial charge is 0.241 e. The highest BCUT2D eigenvalue weighted by atomic mass is 16.5. The third-order valence-corrected chi connectivity index (χ3v) is 3.36. The Kier molecular flexibility index (Phi) is 7.28. The maximum atomic E-state index is 12.2. The predicted molar refractivity (Wildman–Crippen MR) is 73.4 cm³/mol.